The van der Waals surface area contributed by atoms with Crippen molar-refractivity contribution in [1.82, 2.24) is 25.5 Å². The van der Waals surface area contributed by atoms with E-state index in [-0.39, 0.29) is 24.0 Å². The Morgan fingerprint density at radius 2 is 2.00 bits per heavy atom. The number of nitrogens with zero attached hydrogens (tertiary/aromatic N) is 5. The Morgan fingerprint density at radius 3 is 2.79 bits per heavy atom. The molecule has 2 aromatic heterocycles. The molecule has 6 rings (SSSR count). The summed E-state index contributed by atoms with van der Waals surface area (Å²) in [5.74, 6) is 0.280. The number of fused-ring (bicyclic) bond motifs is 1. The van der Waals surface area contributed by atoms with Gasteiger partial charge in [-0.15, -0.1) is 0 Å². The Balaban J connectivity index is 1.29. The zero-order chi connectivity index (χ0) is 29.9. The molecule has 0 spiro atoms. The van der Waals surface area contributed by atoms with Crippen molar-refractivity contribution in [2.45, 2.75) is 45.2 Å². The molecule has 0 saturated carbocycles. The third kappa shape index (κ3) is 5.86. The lowest BCUT2D eigenvalue weighted by atomic mass is 10.1. The van der Waals surface area contributed by atoms with E-state index in [9.17, 15) is 9.59 Å². The molecule has 3 aliphatic heterocycles. The number of urea groups is 1. The molecule has 2 fully saturated rings. The molecule has 2 atom stereocenters. The van der Waals surface area contributed by atoms with Crippen LogP contribution in [0.4, 0.5) is 16.2 Å². The molecular weight excluding hydrogens is 566 g/mol. The van der Waals surface area contributed by atoms with Crippen molar-refractivity contribution in [1.29, 1.82) is 0 Å². The fourth-order valence-corrected chi connectivity index (χ4v) is 6.63. The van der Waals surface area contributed by atoms with Crippen LogP contribution in [-0.2, 0) is 6.42 Å². The number of ether oxygens (including phenoxy) is 1. The molecule has 43 heavy (non-hydrogen) atoms. The van der Waals surface area contributed by atoms with Crippen LogP contribution in [0.15, 0.2) is 48.7 Å². The lowest BCUT2D eigenvalue weighted by Crippen LogP contribution is -2.57. The Labute approximate surface area is 257 Å². The van der Waals surface area contributed by atoms with E-state index < -0.39 is 0 Å². The number of benzene rings is 1. The smallest absolute Gasteiger partial charge is 0.324 e. The van der Waals surface area contributed by atoms with Gasteiger partial charge >= 0.3 is 6.03 Å². The monoisotopic (exact) mass is 603 g/mol. The number of rotatable bonds is 7. The number of hydrogen-bond acceptors (Lipinski definition) is 7. The van der Waals surface area contributed by atoms with Gasteiger partial charge in [0, 0.05) is 51.0 Å². The first-order valence-corrected chi connectivity index (χ1v) is 15.6. The molecule has 0 unspecified atom stereocenters. The summed E-state index contributed by atoms with van der Waals surface area (Å²) in [5.41, 5.74) is 4.43. The van der Waals surface area contributed by atoms with Crippen molar-refractivity contribution < 1.29 is 14.3 Å². The highest BCUT2D eigenvalue weighted by Gasteiger charge is 2.36. The quantitative estimate of drug-likeness (QED) is 0.413. The van der Waals surface area contributed by atoms with Gasteiger partial charge in [0.2, 0.25) is 5.88 Å². The predicted molar refractivity (Wildman–Crippen MR) is 168 cm³/mol. The Hall–Kier alpha value is -3.89. The summed E-state index contributed by atoms with van der Waals surface area (Å²) in [4.78, 5) is 42.8. The van der Waals surface area contributed by atoms with E-state index in [1.165, 1.54) is 0 Å². The molecule has 2 N–H and O–H groups in total. The number of hydrogen-bond donors (Lipinski definition) is 2. The van der Waals surface area contributed by atoms with Gasteiger partial charge in [-0.2, -0.15) is 0 Å². The SMILES string of the molecule is CCOc1ncccc1-c1ccc(N2CCN(C(=O)N3CCc4cccc(Cl)c43)C[C@H]2CC)c(C(=O)N[C@@H]2CCNC2)n1. The molecule has 3 aliphatic rings. The minimum Gasteiger partial charge on any atom is -0.477 e. The lowest BCUT2D eigenvalue weighted by molar-refractivity contribution is 0.0935. The van der Waals surface area contributed by atoms with Crippen LogP contribution in [-0.4, -0.2) is 84.8 Å². The number of halogens is 1. The number of pyridine rings is 2. The van der Waals surface area contributed by atoms with Crippen LogP contribution >= 0.6 is 11.6 Å². The van der Waals surface area contributed by atoms with E-state index in [1.54, 1.807) is 6.20 Å². The number of carbonyl (C=O) groups is 2. The molecule has 1 aromatic carbocycles. The van der Waals surface area contributed by atoms with Crippen LogP contribution in [0.25, 0.3) is 11.3 Å². The number of carbonyl (C=O) groups excluding carboxylic acids is 2. The average molecular weight is 604 g/mol. The summed E-state index contributed by atoms with van der Waals surface area (Å²) >= 11 is 6.52. The highest BCUT2D eigenvalue weighted by Crippen LogP contribution is 2.37. The van der Waals surface area contributed by atoms with Crippen LogP contribution in [0.1, 0.15) is 42.7 Å². The summed E-state index contributed by atoms with van der Waals surface area (Å²) in [6.07, 6.45) is 4.16. The second-order valence-corrected chi connectivity index (χ2v) is 11.6. The highest BCUT2D eigenvalue weighted by molar-refractivity contribution is 6.34. The summed E-state index contributed by atoms with van der Waals surface area (Å²) < 4.78 is 5.77. The molecule has 2 saturated heterocycles. The van der Waals surface area contributed by atoms with Crippen molar-refractivity contribution in [3.63, 3.8) is 0 Å². The average Bonchev–Trinajstić information content (AvgIpc) is 3.71. The van der Waals surface area contributed by atoms with E-state index in [0.29, 0.717) is 55.1 Å². The molecule has 3 amide bonds. The van der Waals surface area contributed by atoms with Gasteiger partial charge in [-0.05, 0) is 68.6 Å². The zero-order valence-corrected chi connectivity index (χ0v) is 25.4. The summed E-state index contributed by atoms with van der Waals surface area (Å²) in [6.45, 7) is 8.38. The summed E-state index contributed by atoms with van der Waals surface area (Å²) in [5, 5.41) is 7.10. The van der Waals surface area contributed by atoms with Crippen LogP contribution < -0.4 is 25.2 Å². The predicted octanol–water partition coefficient (Wildman–Crippen LogP) is 4.37. The van der Waals surface area contributed by atoms with E-state index in [0.717, 1.165) is 54.9 Å². The minimum atomic E-state index is -0.205. The first-order chi connectivity index (χ1) is 21.0. The zero-order valence-electron chi connectivity index (χ0n) is 24.7. The van der Waals surface area contributed by atoms with Crippen molar-refractivity contribution in [3.05, 3.63) is 64.9 Å². The number of aromatic nitrogens is 2. The minimum absolute atomic E-state index is 0.00995. The van der Waals surface area contributed by atoms with Crippen molar-refractivity contribution >= 4 is 34.9 Å². The first kappa shape index (κ1) is 29.2. The Morgan fingerprint density at radius 1 is 1.12 bits per heavy atom. The number of nitrogens with one attached hydrogen (secondary N) is 2. The van der Waals surface area contributed by atoms with Gasteiger partial charge in [-0.25, -0.2) is 14.8 Å². The van der Waals surface area contributed by atoms with Gasteiger partial charge in [-0.1, -0.05) is 30.7 Å². The third-order valence-electron chi connectivity index (χ3n) is 8.52. The van der Waals surface area contributed by atoms with E-state index in [1.807, 2.05) is 59.2 Å². The lowest BCUT2D eigenvalue weighted by Gasteiger charge is -2.44. The van der Waals surface area contributed by atoms with Gasteiger partial charge in [-0.3, -0.25) is 9.69 Å². The normalized spacial score (nSPS) is 19.8. The standard InChI is InChI=1S/C32H38ClN7O3/c1-3-23-20-38(32(42)40-16-13-21-7-5-9-25(33)29(21)40)17-18-39(23)27-11-10-26(24-8-6-14-35-31(24)43-4-2)37-28(27)30(41)36-22-12-15-34-19-22/h5-11,14,22-23,34H,3-4,12-13,15-20H2,1-2H3,(H,36,41)/t22-,23-/m1/s1. The highest BCUT2D eigenvalue weighted by atomic mass is 35.5. The summed E-state index contributed by atoms with van der Waals surface area (Å²) in [7, 11) is 0. The maximum atomic E-state index is 13.8. The molecule has 11 heteroatoms. The molecular formula is C32H38ClN7O3. The number of para-hydroxylation sites is 1. The first-order valence-electron chi connectivity index (χ1n) is 15.2. The van der Waals surface area contributed by atoms with Gasteiger partial charge in [0.25, 0.3) is 5.91 Å². The summed E-state index contributed by atoms with van der Waals surface area (Å²) in [6, 6.07) is 13.5. The molecule has 3 aromatic rings. The van der Waals surface area contributed by atoms with E-state index in [4.69, 9.17) is 21.3 Å². The second-order valence-electron chi connectivity index (χ2n) is 11.1. The van der Waals surface area contributed by atoms with E-state index >= 15 is 0 Å². The molecule has 0 radical (unpaired) electrons. The molecule has 0 bridgehead atoms. The number of piperazine rings is 1. The molecule has 10 nitrogen and oxygen atoms in total. The van der Waals surface area contributed by atoms with Crippen molar-refractivity contribution in [3.8, 4) is 17.1 Å². The maximum absolute atomic E-state index is 13.8. The number of amides is 3. The Kier molecular flexibility index (Phi) is 8.67. The van der Waals surface area contributed by atoms with E-state index in [2.05, 4.69) is 27.4 Å². The van der Waals surface area contributed by atoms with Crippen LogP contribution in [0.2, 0.25) is 5.02 Å². The van der Waals surface area contributed by atoms with Gasteiger partial charge < -0.3 is 25.2 Å². The second kappa shape index (κ2) is 12.8. The Bertz CT molecular complexity index is 1500. The molecule has 226 valence electrons. The van der Waals surface area contributed by atoms with Gasteiger partial charge in [0.1, 0.15) is 0 Å². The van der Waals surface area contributed by atoms with Crippen molar-refractivity contribution in [2.75, 3.05) is 55.7 Å². The van der Waals surface area contributed by atoms with Crippen LogP contribution in [0, 0.1) is 0 Å². The number of anilines is 2. The maximum Gasteiger partial charge on any atom is 0.324 e. The van der Waals surface area contributed by atoms with Crippen LogP contribution in [0.3, 0.4) is 0 Å². The fourth-order valence-electron chi connectivity index (χ4n) is 6.34. The van der Waals surface area contributed by atoms with Crippen LogP contribution in [0.5, 0.6) is 5.88 Å². The third-order valence-corrected chi connectivity index (χ3v) is 8.83. The molecule has 5 heterocycles. The van der Waals surface area contributed by atoms with Crippen molar-refractivity contribution in [2.24, 2.45) is 0 Å². The molecule has 0 aliphatic carbocycles. The van der Waals surface area contributed by atoms with Gasteiger partial charge in [0.15, 0.2) is 5.69 Å². The largest absolute Gasteiger partial charge is 0.477 e. The van der Waals surface area contributed by atoms with Gasteiger partial charge in [0.05, 0.1) is 34.3 Å². The fraction of sp³-hybridized carbons (Fsp3) is 0.438. The topological polar surface area (TPSA) is 103 Å².